The second-order valence-electron chi connectivity index (χ2n) is 3.94. The average Bonchev–Trinajstić information content (AvgIpc) is 2.20. The van der Waals surface area contributed by atoms with Gasteiger partial charge < -0.3 is 5.32 Å². The van der Waals surface area contributed by atoms with Gasteiger partial charge in [-0.2, -0.15) is 0 Å². The van der Waals surface area contributed by atoms with Crippen molar-refractivity contribution in [1.82, 2.24) is 10.2 Å². The second kappa shape index (κ2) is 8.96. The zero-order valence-electron chi connectivity index (χ0n) is 9.45. The van der Waals surface area contributed by atoms with Crippen LogP contribution in [-0.4, -0.2) is 37.1 Å². The van der Waals surface area contributed by atoms with Crippen LogP contribution in [0.1, 0.15) is 19.3 Å². The summed E-state index contributed by atoms with van der Waals surface area (Å²) in [6, 6.07) is 0.670. The predicted molar refractivity (Wildman–Crippen MR) is 69.7 cm³/mol. The minimum absolute atomic E-state index is 0. The van der Waals surface area contributed by atoms with Crippen molar-refractivity contribution in [2.24, 2.45) is 0 Å². The van der Waals surface area contributed by atoms with Gasteiger partial charge in [-0.3, -0.25) is 4.90 Å². The summed E-state index contributed by atoms with van der Waals surface area (Å²) < 4.78 is 0. The van der Waals surface area contributed by atoms with Gasteiger partial charge in [0.15, 0.2) is 0 Å². The van der Waals surface area contributed by atoms with Crippen LogP contribution in [0, 0.1) is 0 Å². The molecule has 0 amide bonds. The fraction of sp³-hybridized carbons (Fsp3) is 0.667. The third kappa shape index (κ3) is 5.98. The zero-order valence-corrected chi connectivity index (χ0v) is 10.3. The van der Waals surface area contributed by atoms with E-state index in [-0.39, 0.29) is 12.4 Å². The van der Waals surface area contributed by atoms with Crippen LogP contribution in [0.15, 0.2) is 25.3 Å². The third-order valence-electron chi connectivity index (χ3n) is 2.67. The summed E-state index contributed by atoms with van der Waals surface area (Å²) in [6.45, 7) is 11.8. The van der Waals surface area contributed by atoms with Crippen LogP contribution in [0.4, 0.5) is 0 Å². The van der Waals surface area contributed by atoms with Crippen LogP contribution in [0.2, 0.25) is 0 Å². The van der Waals surface area contributed by atoms with Crippen LogP contribution in [-0.2, 0) is 0 Å². The summed E-state index contributed by atoms with van der Waals surface area (Å²) in [7, 11) is 0. The van der Waals surface area contributed by atoms with E-state index in [0.717, 1.165) is 19.6 Å². The molecule has 2 nitrogen and oxygen atoms in total. The van der Waals surface area contributed by atoms with Crippen LogP contribution in [0.25, 0.3) is 0 Å². The molecule has 1 rings (SSSR count). The Morgan fingerprint density at radius 1 is 1.20 bits per heavy atom. The van der Waals surface area contributed by atoms with Crippen molar-refractivity contribution in [2.45, 2.75) is 25.3 Å². The van der Waals surface area contributed by atoms with Gasteiger partial charge in [0, 0.05) is 25.7 Å². The molecule has 88 valence electrons. The second-order valence-corrected chi connectivity index (χ2v) is 3.94. The molecule has 1 aliphatic heterocycles. The molecule has 15 heavy (non-hydrogen) atoms. The first-order valence-electron chi connectivity index (χ1n) is 5.54. The van der Waals surface area contributed by atoms with E-state index in [1.54, 1.807) is 0 Å². The van der Waals surface area contributed by atoms with Crippen LogP contribution in [0.3, 0.4) is 0 Å². The van der Waals surface area contributed by atoms with Crippen molar-refractivity contribution in [3.63, 3.8) is 0 Å². The van der Waals surface area contributed by atoms with Gasteiger partial charge in [0.05, 0.1) is 0 Å². The molecule has 0 aromatic carbocycles. The number of hydrogen-bond donors (Lipinski definition) is 1. The maximum atomic E-state index is 3.78. The monoisotopic (exact) mass is 230 g/mol. The molecule has 0 bridgehead atoms. The summed E-state index contributed by atoms with van der Waals surface area (Å²) in [5.74, 6) is 0. The van der Waals surface area contributed by atoms with E-state index >= 15 is 0 Å². The molecule has 1 atom stereocenters. The number of halogens is 1. The Labute approximate surface area is 99.8 Å². The highest BCUT2D eigenvalue weighted by Crippen LogP contribution is 2.08. The van der Waals surface area contributed by atoms with E-state index in [4.69, 9.17) is 0 Å². The van der Waals surface area contributed by atoms with Gasteiger partial charge >= 0.3 is 0 Å². The predicted octanol–water partition coefficient (Wildman–Crippen LogP) is 2.22. The summed E-state index contributed by atoms with van der Waals surface area (Å²) in [6.07, 6.45) is 7.94. The molecule has 1 N–H and O–H groups in total. The van der Waals surface area contributed by atoms with Gasteiger partial charge in [-0.25, -0.2) is 0 Å². The van der Waals surface area contributed by atoms with Crippen molar-refractivity contribution >= 4 is 12.4 Å². The minimum atomic E-state index is 0. The maximum absolute atomic E-state index is 3.78. The fourth-order valence-corrected chi connectivity index (χ4v) is 1.98. The quantitative estimate of drug-likeness (QED) is 0.704. The molecular formula is C12H23ClN2. The topological polar surface area (TPSA) is 15.3 Å². The van der Waals surface area contributed by atoms with E-state index in [1.807, 2.05) is 12.2 Å². The number of nitrogens with one attached hydrogen (secondary N) is 1. The highest BCUT2D eigenvalue weighted by atomic mass is 35.5. The molecule has 3 heteroatoms. The molecule has 1 unspecified atom stereocenters. The largest absolute Gasteiger partial charge is 0.313 e. The summed E-state index contributed by atoms with van der Waals surface area (Å²) in [5, 5.41) is 3.56. The summed E-state index contributed by atoms with van der Waals surface area (Å²) in [5.41, 5.74) is 0. The first-order valence-corrected chi connectivity index (χ1v) is 5.54. The highest BCUT2D eigenvalue weighted by molar-refractivity contribution is 5.85. The molecule has 0 aromatic heterocycles. The van der Waals surface area contributed by atoms with E-state index < -0.39 is 0 Å². The lowest BCUT2D eigenvalue weighted by Gasteiger charge is -2.29. The third-order valence-corrected chi connectivity index (χ3v) is 2.67. The van der Waals surface area contributed by atoms with E-state index in [2.05, 4.69) is 23.4 Å². The minimum Gasteiger partial charge on any atom is -0.313 e. The van der Waals surface area contributed by atoms with Gasteiger partial charge in [-0.05, 0) is 19.4 Å². The van der Waals surface area contributed by atoms with Crippen LogP contribution in [0.5, 0.6) is 0 Å². The molecule has 0 aliphatic carbocycles. The van der Waals surface area contributed by atoms with Gasteiger partial charge in [-0.1, -0.05) is 18.6 Å². The first-order chi connectivity index (χ1) is 6.86. The van der Waals surface area contributed by atoms with Gasteiger partial charge in [0.2, 0.25) is 0 Å². The smallest absolute Gasteiger partial charge is 0.0195 e. The lowest BCUT2D eigenvalue weighted by Crippen LogP contribution is -2.43. The molecule has 1 fully saturated rings. The van der Waals surface area contributed by atoms with Crippen molar-refractivity contribution in [1.29, 1.82) is 0 Å². The molecule has 0 radical (unpaired) electrons. The SMILES string of the molecule is C=CCN(CC=C)CC1CCCCN1.Cl. The Bertz CT molecular complexity index is 166. The summed E-state index contributed by atoms with van der Waals surface area (Å²) in [4.78, 5) is 2.38. The molecule has 1 aliphatic rings. The molecule has 0 saturated carbocycles. The molecule has 1 saturated heterocycles. The highest BCUT2D eigenvalue weighted by Gasteiger charge is 2.14. The van der Waals surface area contributed by atoms with Gasteiger partial charge in [0.1, 0.15) is 0 Å². The van der Waals surface area contributed by atoms with Crippen LogP contribution >= 0.6 is 12.4 Å². The Balaban J connectivity index is 0.00000196. The average molecular weight is 231 g/mol. The molecule has 1 heterocycles. The van der Waals surface area contributed by atoms with E-state index in [0.29, 0.717) is 6.04 Å². The normalized spacial score (nSPS) is 20.7. The molecule has 0 aromatic rings. The Hall–Kier alpha value is -0.310. The zero-order chi connectivity index (χ0) is 10.2. The Morgan fingerprint density at radius 2 is 1.87 bits per heavy atom. The number of nitrogens with zero attached hydrogens (tertiary/aromatic N) is 1. The standard InChI is InChI=1S/C12H22N2.ClH/c1-3-9-14(10-4-2)11-12-7-5-6-8-13-12;/h3-4,12-13H,1-2,5-11H2;1H. The van der Waals surface area contributed by atoms with Crippen molar-refractivity contribution in [2.75, 3.05) is 26.2 Å². The molecular weight excluding hydrogens is 208 g/mol. The number of piperidine rings is 1. The van der Waals surface area contributed by atoms with Crippen LogP contribution < -0.4 is 5.32 Å². The van der Waals surface area contributed by atoms with Gasteiger partial charge in [-0.15, -0.1) is 25.6 Å². The summed E-state index contributed by atoms with van der Waals surface area (Å²) >= 11 is 0. The first kappa shape index (κ1) is 14.7. The van der Waals surface area contributed by atoms with Crippen molar-refractivity contribution in [3.05, 3.63) is 25.3 Å². The van der Waals surface area contributed by atoms with E-state index in [1.165, 1.54) is 25.8 Å². The Kier molecular flexibility index (Phi) is 8.77. The maximum Gasteiger partial charge on any atom is 0.0195 e. The van der Waals surface area contributed by atoms with E-state index in [9.17, 15) is 0 Å². The lowest BCUT2D eigenvalue weighted by molar-refractivity contribution is 0.261. The lowest BCUT2D eigenvalue weighted by atomic mass is 10.0. The van der Waals surface area contributed by atoms with Gasteiger partial charge in [0.25, 0.3) is 0 Å². The fourth-order valence-electron chi connectivity index (χ4n) is 1.98. The Morgan fingerprint density at radius 3 is 2.33 bits per heavy atom. The number of rotatable bonds is 6. The number of hydrogen-bond acceptors (Lipinski definition) is 2. The molecule has 0 spiro atoms. The van der Waals surface area contributed by atoms with Crippen molar-refractivity contribution < 1.29 is 0 Å². The van der Waals surface area contributed by atoms with Crippen molar-refractivity contribution in [3.8, 4) is 0 Å².